The number of rotatable bonds is 5. The molecule has 0 amide bonds. The quantitative estimate of drug-likeness (QED) is 0.656. The maximum atomic E-state index is 12.6. The summed E-state index contributed by atoms with van der Waals surface area (Å²) in [6.07, 6.45) is -1.54. The number of nitrogens with zero attached hydrogens (tertiary/aromatic N) is 1. The van der Waals surface area contributed by atoms with Crippen LogP contribution < -0.4 is 0 Å². The fourth-order valence-electron chi connectivity index (χ4n) is 0.780. The van der Waals surface area contributed by atoms with E-state index in [1.165, 1.54) is 0 Å². The van der Waals surface area contributed by atoms with Crippen LogP contribution in [0.3, 0.4) is 0 Å². The smallest absolute Gasteiger partial charge is 0.257 e. The maximum Gasteiger partial charge on any atom is 0.257 e. The first kappa shape index (κ1) is 14.7. The minimum atomic E-state index is -1.54. The zero-order valence-corrected chi connectivity index (χ0v) is 8.79. The SMILES string of the molecule is CCN(CC)C[C@@H](F)C(=O)Cl.Cl. The normalized spacial score (nSPS) is 12.4. The highest BCUT2D eigenvalue weighted by molar-refractivity contribution is 6.64. The van der Waals surface area contributed by atoms with E-state index in [4.69, 9.17) is 11.6 Å². The van der Waals surface area contributed by atoms with Crippen molar-refractivity contribution in [1.82, 2.24) is 4.90 Å². The molecule has 0 unspecified atom stereocenters. The van der Waals surface area contributed by atoms with Gasteiger partial charge in [0.1, 0.15) is 0 Å². The molecule has 0 saturated carbocycles. The molecule has 0 saturated heterocycles. The van der Waals surface area contributed by atoms with Gasteiger partial charge in [-0.3, -0.25) is 4.79 Å². The van der Waals surface area contributed by atoms with Crippen molar-refractivity contribution in [3.63, 3.8) is 0 Å². The van der Waals surface area contributed by atoms with Crippen molar-refractivity contribution in [2.24, 2.45) is 0 Å². The van der Waals surface area contributed by atoms with Crippen molar-refractivity contribution in [2.75, 3.05) is 19.6 Å². The van der Waals surface area contributed by atoms with E-state index in [2.05, 4.69) is 0 Å². The Balaban J connectivity index is 0. The van der Waals surface area contributed by atoms with Gasteiger partial charge in [0.25, 0.3) is 5.24 Å². The number of hydrogen-bond acceptors (Lipinski definition) is 2. The van der Waals surface area contributed by atoms with Crippen LogP contribution in [0.25, 0.3) is 0 Å². The summed E-state index contributed by atoms with van der Waals surface area (Å²) >= 11 is 4.95. The van der Waals surface area contributed by atoms with Gasteiger partial charge in [0.2, 0.25) is 0 Å². The average molecular weight is 218 g/mol. The van der Waals surface area contributed by atoms with E-state index in [-0.39, 0.29) is 19.0 Å². The third-order valence-electron chi connectivity index (χ3n) is 1.56. The monoisotopic (exact) mass is 217 g/mol. The lowest BCUT2D eigenvalue weighted by atomic mass is 10.3. The summed E-state index contributed by atoms with van der Waals surface area (Å²) in [5.74, 6) is 0. The summed E-state index contributed by atoms with van der Waals surface area (Å²) in [5.41, 5.74) is 0. The molecule has 0 aromatic rings. The number of hydrogen-bond donors (Lipinski definition) is 0. The van der Waals surface area contributed by atoms with Crippen molar-refractivity contribution in [3.8, 4) is 0 Å². The topological polar surface area (TPSA) is 20.3 Å². The molecule has 0 bridgehead atoms. The molecule has 0 spiro atoms. The molecule has 0 aromatic heterocycles. The van der Waals surface area contributed by atoms with Crippen molar-refractivity contribution in [1.29, 1.82) is 0 Å². The summed E-state index contributed by atoms with van der Waals surface area (Å²) in [5, 5.41) is -0.906. The number of carbonyl (C=O) groups excluding carboxylic acids is 1. The standard InChI is InChI=1S/C7H13ClFNO.ClH/c1-3-10(4-2)5-6(9)7(8)11;/h6H,3-5H2,1-2H3;1H/t6-;/m1./s1. The molecule has 0 aromatic carbocycles. The molecule has 0 fully saturated rings. The number of alkyl halides is 1. The lowest BCUT2D eigenvalue weighted by Crippen LogP contribution is -2.32. The minimum absolute atomic E-state index is 0. The summed E-state index contributed by atoms with van der Waals surface area (Å²) in [7, 11) is 0. The Morgan fingerprint density at radius 1 is 1.50 bits per heavy atom. The first-order chi connectivity index (χ1) is 5.11. The van der Waals surface area contributed by atoms with Crippen molar-refractivity contribution >= 4 is 29.3 Å². The Morgan fingerprint density at radius 2 is 1.92 bits per heavy atom. The lowest BCUT2D eigenvalue weighted by Gasteiger charge is -2.18. The van der Waals surface area contributed by atoms with E-state index in [1.54, 1.807) is 0 Å². The molecule has 0 N–H and O–H groups in total. The second-order valence-electron chi connectivity index (χ2n) is 2.26. The van der Waals surface area contributed by atoms with Crippen LogP contribution in [0, 0.1) is 0 Å². The van der Waals surface area contributed by atoms with Gasteiger partial charge in [-0.25, -0.2) is 4.39 Å². The molecule has 1 atom stereocenters. The number of carbonyl (C=O) groups is 1. The van der Waals surface area contributed by atoms with Crippen LogP contribution in [-0.4, -0.2) is 35.9 Å². The van der Waals surface area contributed by atoms with Gasteiger partial charge >= 0.3 is 0 Å². The van der Waals surface area contributed by atoms with E-state index in [0.717, 1.165) is 13.1 Å². The van der Waals surface area contributed by atoms with Crippen LogP contribution >= 0.6 is 24.0 Å². The Hall–Kier alpha value is 0.140. The molecule has 0 rings (SSSR count). The van der Waals surface area contributed by atoms with Gasteiger partial charge in [-0.1, -0.05) is 13.8 Å². The van der Waals surface area contributed by atoms with Crippen LogP contribution in [0.15, 0.2) is 0 Å². The van der Waals surface area contributed by atoms with E-state index in [0.29, 0.717) is 0 Å². The molecule has 74 valence electrons. The van der Waals surface area contributed by atoms with Gasteiger partial charge in [0.05, 0.1) is 0 Å². The molecule has 0 radical (unpaired) electrons. The van der Waals surface area contributed by atoms with Gasteiger partial charge in [-0.2, -0.15) is 0 Å². The van der Waals surface area contributed by atoms with Crippen molar-refractivity contribution < 1.29 is 9.18 Å². The van der Waals surface area contributed by atoms with Gasteiger partial charge < -0.3 is 4.90 Å². The van der Waals surface area contributed by atoms with Gasteiger partial charge in [-0.05, 0) is 24.7 Å². The highest BCUT2D eigenvalue weighted by Crippen LogP contribution is 2.00. The highest BCUT2D eigenvalue weighted by Gasteiger charge is 2.16. The summed E-state index contributed by atoms with van der Waals surface area (Å²) in [4.78, 5) is 12.1. The molecule has 0 aliphatic rings. The highest BCUT2D eigenvalue weighted by atomic mass is 35.5. The minimum Gasteiger partial charge on any atom is -0.300 e. The van der Waals surface area contributed by atoms with E-state index in [1.807, 2.05) is 18.7 Å². The molecule has 0 heterocycles. The Bertz CT molecular complexity index is 131. The molecule has 0 aliphatic heterocycles. The van der Waals surface area contributed by atoms with Gasteiger partial charge in [-0.15, -0.1) is 12.4 Å². The second kappa shape index (κ2) is 7.77. The Kier molecular flexibility index (Phi) is 9.49. The Labute approximate surface area is 83.5 Å². The summed E-state index contributed by atoms with van der Waals surface area (Å²) in [6, 6.07) is 0. The predicted octanol–water partition coefficient (Wildman–Crippen LogP) is 1.85. The van der Waals surface area contributed by atoms with Crippen LogP contribution in [0.1, 0.15) is 13.8 Å². The fourth-order valence-corrected chi connectivity index (χ4v) is 0.849. The second-order valence-corrected chi connectivity index (χ2v) is 2.63. The fraction of sp³-hybridized carbons (Fsp3) is 0.857. The lowest BCUT2D eigenvalue weighted by molar-refractivity contribution is -0.116. The van der Waals surface area contributed by atoms with Crippen LogP contribution in [0.2, 0.25) is 0 Å². The summed E-state index contributed by atoms with van der Waals surface area (Å²) in [6.45, 7) is 5.40. The van der Waals surface area contributed by atoms with E-state index >= 15 is 0 Å². The van der Waals surface area contributed by atoms with Gasteiger partial charge in [0.15, 0.2) is 6.17 Å². The predicted molar refractivity (Wildman–Crippen MR) is 50.8 cm³/mol. The molecule has 2 nitrogen and oxygen atoms in total. The van der Waals surface area contributed by atoms with Crippen LogP contribution in [-0.2, 0) is 4.79 Å². The first-order valence-corrected chi connectivity index (χ1v) is 4.05. The van der Waals surface area contributed by atoms with Crippen LogP contribution in [0.5, 0.6) is 0 Å². The third kappa shape index (κ3) is 5.75. The molecule has 0 aliphatic carbocycles. The molecular formula is C7H14Cl2FNO. The van der Waals surface area contributed by atoms with Crippen molar-refractivity contribution in [2.45, 2.75) is 20.0 Å². The number of halogens is 3. The van der Waals surface area contributed by atoms with Crippen LogP contribution in [0.4, 0.5) is 4.39 Å². The average Bonchev–Trinajstić information content (AvgIpc) is 1.99. The zero-order chi connectivity index (χ0) is 8.85. The van der Waals surface area contributed by atoms with Gasteiger partial charge in [0, 0.05) is 6.54 Å². The maximum absolute atomic E-state index is 12.6. The van der Waals surface area contributed by atoms with E-state index < -0.39 is 11.4 Å². The van der Waals surface area contributed by atoms with Crippen molar-refractivity contribution in [3.05, 3.63) is 0 Å². The summed E-state index contributed by atoms with van der Waals surface area (Å²) < 4.78 is 12.6. The molecular weight excluding hydrogens is 204 g/mol. The largest absolute Gasteiger partial charge is 0.300 e. The zero-order valence-electron chi connectivity index (χ0n) is 7.22. The third-order valence-corrected chi connectivity index (χ3v) is 1.80. The molecule has 5 heteroatoms. The van der Waals surface area contributed by atoms with E-state index in [9.17, 15) is 9.18 Å². The molecule has 12 heavy (non-hydrogen) atoms. The Morgan fingerprint density at radius 3 is 2.17 bits per heavy atom. The first-order valence-electron chi connectivity index (χ1n) is 3.67.